The van der Waals surface area contributed by atoms with Gasteiger partial charge in [0.05, 0.1) is 0 Å². The van der Waals surface area contributed by atoms with Gasteiger partial charge in [-0.15, -0.1) is 6.58 Å². The lowest BCUT2D eigenvalue weighted by Gasteiger charge is -2.57. The highest BCUT2D eigenvalue weighted by molar-refractivity contribution is 5.32. The van der Waals surface area contributed by atoms with Crippen molar-refractivity contribution in [2.75, 3.05) is 19.6 Å². The minimum absolute atomic E-state index is 0.384. The van der Waals surface area contributed by atoms with Crippen molar-refractivity contribution in [3.63, 3.8) is 0 Å². The van der Waals surface area contributed by atoms with Crippen LogP contribution in [0, 0.1) is 10.8 Å². The summed E-state index contributed by atoms with van der Waals surface area (Å²) in [5.41, 5.74) is 8.38. The molecule has 2 aliphatic heterocycles. The Morgan fingerprint density at radius 2 is 1.83 bits per heavy atom. The van der Waals surface area contributed by atoms with Crippen molar-refractivity contribution in [3.05, 3.63) is 36.5 Å². The van der Waals surface area contributed by atoms with Crippen LogP contribution < -0.4 is 11.1 Å². The highest BCUT2D eigenvalue weighted by atomic mass is 15.2. The van der Waals surface area contributed by atoms with E-state index in [0.29, 0.717) is 16.9 Å². The first-order valence-electron chi connectivity index (χ1n) is 12.4. The van der Waals surface area contributed by atoms with Crippen LogP contribution in [0.1, 0.15) is 86.5 Å². The van der Waals surface area contributed by atoms with Gasteiger partial charge in [-0.05, 0) is 94.8 Å². The monoisotopic (exact) mass is 415 g/mol. The summed E-state index contributed by atoms with van der Waals surface area (Å²) in [6.45, 7) is 20.6. The van der Waals surface area contributed by atoms with E-state index < -0.39 is 5.54 Å². The average Bonchev–Trinajstić information content (AvgIpc) is 2.94. The molecule has 2 unspecified atom stereocenters. The quantitative estimate of drug-likeness (QED) is 0.438. The number of likely N-dealkylation sites (tertiary alicyclic amines) is 1. The molecule has 1 aliphatic carbocycles. The Bertz CT molecular complexity index is 598. The van der Waals surface area contributed by atoms with Gasteiger partial charge in [0.2, 0.25) is 0 Å². The van der Waals surface area contributed by atoms with E-state index in [0.717, 1.165) is 6.04 Å². The molecule has 3 fully saturated rings. The fourth-order valence-corrected chi connectivity index (χ4v) is 5.72. The van der Waals surface area contributed by atoms with Crippen LogP contribution in [0.15, 0.2) is 36.5 Å². The molecule has 0 aromatic rings. The Morgan fingerprint density at radius 1 is 1.13 bits per heavy atom. The number of nitrogens with one attached hydrogen (secondary N) is 1. The average molecular weight is 416 g/mol. The summed E-state index contributed by atoms with van der Waals surface area (Å²) >= 11 is 0. The molecular formula is C27H49N3. The molecular weight excluding hydrogens is 366 g/mol. The third-order valence-corrected chi connectivity index (χ3v) is 7.55. The van der Waals surface area contributed by atoms with Gasteiger partial charge >= 0.3 is 0 Å². The molecule has 2 heterocycles. The van der Waals surface area contributed by atoms with Crippen LogP contribution in [0.3, 0.4) is 0 Å². The zero-order valence-corrected chi connectivity index (χ0v) is 20.8. The predicted molar refractivity (Wildman–Crippen MR) is 133 cm³/mol. The second-order valence-corrected chi connectivity index (χ2v) is 10.8. The van der Waals surface area contributed by atoms with E-state index >= 15 is 0 Å². The number of hydrogen-bond acceptors (Lipinski definition) is 3. The van der Waals surface area contributed by atoms with Gasteiger partial charge in [0.1, 0.15) is 0 Å². The van der Waals surface area contributed by atoms with Crippen molar-refractivity contribution in [3.8, 4) is 0 Å². The molecule has 3 N–H and O–H groups in total. The van der Waals surface area contributed by atoms with E-state index in [9.17, 15) is 0 Å². The maximum Gasteiger partial charge on any atom is 0.0499 e. The Labute approximate surface area is 187 Å². The van der Waals surface area contributed by atoms with Gasteiger partial charge in [-0.3, -0.25) is 4.90 Å². The van der Waals surface area contributed by atoms with Crippen LogP contribution in [0.25, 0.3) is 0 Å². The van der Waals surface area contributed by atoms with Crippen molar-refractivity contribution in [1.82, 2.24) is 10.2 Å². The topological polar surface area (TPSA) is 41.3 Å². The molecule has 0 amide bonds. The number of hydrogen-bond donors (Lipinski definition) is 2. The fourth-order valence-electron chi connectivity index (χ4n) is 5.72. The molecule has 0 aromatic heterocycles. The van der Waals surface area contributed by atoms with Gasteiger partial charge in [-0.2, -0.15) is 0 Å². The molecule has 1 saturated carbocycles. The molecule has 3 heteroatoms. The van der Waals surface area contributed by atoms with E-state index in [1.807, 2.05) is 19.9 Å². The first-order chi connectivity index (χ1) is 14.2. The van der Waals surface area contributed by atoms with E-state index in [2.05, 4.69) is 62.7 Å². The highest BCUT2D eigenvalue weighted by Gasteiger charge is 2.49. The van der Waals surface area contributed by atoms with Gasteiger partial charge < -0.3 is 11.1 Å². The third kappa shape index (κ3) is 6.31. The van der Waals surface area contributed by atoms with Crippen molar-refractivity contribution < 1.29 is 0 Å². The number of allylic oxidation sites excluding steroid dienone is 1. The Kier molecular flexibility index (Phi) is 8.97. The molecule has 0 bridgehead atoms. The van der Waals surface area contributed by atoms with Crippen LogP contribution in [-0.4, -0.2) is 42.2 Å². The van der Waals surface area contributed by atoms with Gasteiger partial charge in [-0.25, -0.2) is 0 Å². The number of nitrogens with two attached hydrogens (primary N) is 1. The third-order valence-electron chi connectivity index (χ3n) is 7.55. The SMILES string of the molecule is C=CC(C)(N)/C=C(\C=C/C)C1CC(C)(C)CCN1C1CC2(CCCNCC2)C1.CC. The zero-order chi connectivity index (χ0) is 22.4. The summed E-state index contributed by atoms with van der Waals surface area (Å²) in [6.07, 6.45) is 18.0. The maximum absolute atomic E-state index is 6.46. The van der Waals surface area contributed by atoms with Crippen LogP contribution in [-0.2, 0) is 0 Å². The lowest BCUT2D eigenvalue weighted by Crippen LogP contribution is -2.58. The molecule has 0 aromatic carbocycles. The molecule has 2 saturated heterocycles. The van der Waals surface area contributed by atoms with Gasteiger partial charge in [-0.1, -0.05) is 52.0 Å². The van der Waals surface area contributed by atoms with Crippen molar-refractivity contribution in [2.45, 2.75) is 104 Å². The summed E-state index contributed by atoms with van der Waals surface area (Å²) < 4.78 is 0. The summed E-state index contributed by atoms with van der Waals surface area (Å²) in [5, 5.41) is 3.60. The zero-order valence-electron chi connectivity index (χ0n) is 20.8. The standard InChI is InChI=1S/C25H43N3.C2H6/c1-6-9-20(16-24(5,26)7-2)22-19-23(3,4)12-15-28(22)21-17-25(18-21)10-8-13-27-14-11-25;1-2/h6-7,9,16,21-22,27H,2,8,10-15,17-19,26H2,1,3-5H3;1-2H3/b9-6-,20-16+;. The van der Waals surface area contributed by atoms with Crippen molar-refractivity contribution >= 4 is 0 Å². The summed E-state index contributed by atoms with van der Waals surface area (Å²) in [6, 6.07) is 1.20. The van der Waals surface area contributed by atoms with E-state index in [-0.39, 0.29) is 0 Å². The molecule has 172 valence electrons. The first-order valence-corrected chi connectivity index (χ1v) is 12.4. The molecule has 3 nitrogen and oxygen atoms in total. The largest absolute Gasteiger partial charge is 0.319 e. The van der Waals surface area contributed by atoms with Crippen molar-refractivity contribution in [1.29, 1.82) is 0 Å². The van der Waals surface area contributed by atoms with Gasteiger partial charge in [0.15, 0.2) is 0 Å². The molecule has 3 rings (SSSR count). The Balaban J connectivity index is 0.00000155. The normalized spacial score (nSPS) is 34.4. The fraction of sp³-hybridized carbons (Fsp3) is 0.778. The second-order valence-electron chi connectivity index (χ2n) is 10.8. The predicted octanol–water partition coefficient (Wildman–Crippen LogP) is 5.83. The summed E-state index contributed by atoms with van der Waals surface area (Å²) in [5.74, 6) is 0. The molecule has 3 aliphatic rings. The molecule has 30 heavy (non-hydrogen) atoms. The van der Waals surface area contributed by atoms with E-state index in [1.165, 1.54) is 70.2 Å². The second kappa shape index (κ2) is 10.6. The van der Waals surface area contributed by atoms with Gasteiger partial charge in [0.25, 0.3) is 0 Å². The van der Waals surface area contributed by atoms with Crippen molar-refractivity contribution in [2.24, 2.45) is 16.6 Å². The first kappa shape index (κ1) is 25.4. The molecule has 2 atom stereocenters. The minimum Gasteiger partial charge on any atom is -0.319 e. The Hall–Kier alpha value is -0.900. The number of rotatable bonds is 5. The maximum atomic E-state index is 6.46. The summed E-state index contributed by atoms with van der Waals surface area (Å²) in [4.78, 5) is 2.83. The van der Waals surface area contributed by atoms with E-state index in [1.54, 1.807) is 0 Å². The number of nitrogens with zero attached hydrogens (tertiary/aromatic N) is 1. The molecule has 0 radical (unpaired) electrons. The van der Waals surface area contributed by atoms with Crippen LogP contribution >= 0.6 is 0 Å². The smallest absolute Gasteiger partial charge is 0.0499 e. The Morgan fingerprint density at radius 3 is 2.47 bits per heavy atom. The van der Waals surface area contributed by atoms with Crippen LogP contribution in [0.5, 0.6) is 0 Å². The van der Waals surface area contributed by atoms with Gasteiger partial charge in [0, 0.05) is 17.6 Å². The molecule has 1 spiro atoms. The number of piperidine rings is 1. The minimum atomic E-state index is -0.462. The lowest BCUT2D eigenvalue weighted by molar-refractivity contribution is -0.0498. The van der Waals surface area contributed by atoms with Crippen LogP contribution in [0.4, 0.5) is 0 Å². The highest BCUT2D eigenvalue weighted by Crippen LogP contribution is 2.52. The van der Waals surface area contributed by atoms with E-state index in [4.69, 9.17) is 5.73 Å². The summed E-state index contributed by atoms with van der Waals surface area (Å²) in [7, 11) is 0. The lowest BCUT2D eigenvalue weighted by atomic mass is 9.60. The van der Waals surface area contributed by atoms with Crippen LogP contribution in [0.2, 0.25) is 0 Å².